The van der Waals surface area contributed by atoms with Crippen molar-refractivity contribution in [3.8, 4) is 0 Å². The number of nitrogens with one attached hydrogen (secondary N) is 1. The van der Waals surface area contributed by atoms with Crippen LogP contribution in [-0.2, 0) is 6.54 Å². The average Bonchev–Trinajstić information content (AvgIpc) is 3.30. The smallest absolute Gasteiger partial charge is 0.274 e. The first kappa shape index (κ1) is 22.7. The van der Waals surface area contributed by atoms with Crippen molar-refractivity contribution in [2.24, 2.45) is 0 Å². The summed E-state index contributed by atoms with van der Waals surface area (Å²) in [5.74, 6) is -0.750. The lowest BCUT2D eigenvalue weighted by Crippen LogP contribution is -2.38. The van der Waals surface area contributed by atoms with E-state index in [9.17, 15) is 14.0 Å². The first-order valence-corrected chi connectivity index (χ1v) is 11.5. The van der Waals surface area contributed by atoms with Gasteiger partial charge in [0.1, 0.15) is 11.5 Å². The van der Waals surface area contributed by atoms with Crippen LogP contribution < -0.4 is 5.48 Å². The molecule has 4 aromatic rings. The van der Waals surface area contributed by atoms with Crippen LogP contribution in [0.25, 0.3) is 11.0 Å². The zero-order valence-corrected chi connectivity index (χ0v) is 19.0. The molecule has 1 saturated heterocycles. The van der Waals surface area contributed by atoms with Crippen LogP contribution in [0.15, 0.2) is 73.1 Å². The molecule has 0 bridgehead atoms. The van der Waals surface area contributed by atoms with Gasteiger partial charge in [-0.05, 0) is 72.4 Å². The largest absolute Gasteiger partial charge is 0.339 e. The van der Waals surface area contributed by atoms with Gasteiger partial charge in [-0.2, -0.15) is 0 Å². The monoisotopic (exact) mass is 472 g/mol. The first-order chi connectivity index (χ1) is 17.0. The van der Waals surface area contributed by atoms with Crippen LogP contribution in [0.2, 0.25) is 0 Å². The van der Waals surface area contributed by atoms with E-state index in [1.54, 1.807) is 34.6 Å². The average molecular weight is 473 g/mol. The molecule has 2 aromatic heterocycles. The van der Waals surface area contributed by atoms with E-state index >= 15 is 0 Å². The highest BCUT2D eigenvalue weighted by atomic mass is 19.1. The second-order valence-corrected chi connectivity index (χ2v) is 8.84. The maximum atomic E-state index is 13.5. The molecule has 1 fully saturated rings. The highest BCUT2D eigenvalue weighted by Crippen LogP contribution is 2.30. The Hall–Kier alpha value is -4.04. The normalized spacial score (nSPS) is 14.3. The van der Waals surface area contributed by atoms with Crippen LogP contribution >= 0.6 is 0 Å². The van der Waals surface area contributed by atoms with E-state index in [2.05, 4.69) is 10.6 Å². The second-order valence-electron chi connectivity index (χ2n) is 8.84. The lowest BCUT2D eigenvalue weighted by Gasteiger charge is -2.32. The molecule has 0 unspecified atom stereocenters. The number of fused-ring (bicyclic) bond motifs is 1. The predicted molar refractivity (Wildman–Crippen MR) is 129 cm³/mol. The summed E-state index contributed by atoms with van der Waals surface area (Å²) in [6.07, 6.45) is 5.59. The zero-order chi connectivity index (χ0) is 24.4. The van der Waals surface area contributed by atoms with Crippen molar-refractivity contribution in [1.82, 2.24) is 19.9 Å². The number of carbonyl (C=O) groups is 2. The van der Waals surface area contributed by atoms with Gasteiger partial charge in [-0.1, -0.05) is 18.2 Å². The first-order valence-electron chi connectivity index (χ1n) is 11.5. The number of pyridine rings is 1. The highest BCUT2D eigenvalue weighted by Gasteiger charge is 2.25. The van der Waals surface area contributed by atoms with Crippen LogP contribution in [-0.4, -0.2) is 44.6 Å². The summed E-state index contributed by atoms with van der Waals surface area (Å²) in [6, 6.07) is 17.1. The number of carbonyl (C=O) groups excluding carboxylic acids is 2. The predicted octanol–water partition coefficient (Wildman–Crippen LogP) is 4.36. The third kappa shape index (κ3) is 4.79. The summed E-state index contributed by atoms with van der Waals surface area (Å²) in [5, 5.41) is 9.80. The molecule has 2 N–H and O–H groups in total. The Kier molecular flexibility index (Phi) is 6.29. The molecule has 2 amide bonds. The number of likely N-dealkylation sites (tertiary alicyclic amines) is 1. The topological polar surface area (TPSA) is 87.5 Å². The fourth-order valence-electron chi connectivity index (χ4n) is 4.69. The van der Waals surface area contributed by atoms with E-state index in [1.807, 2.05) is 30.6 Å². The van der Waals surface area contributed by atoms with Gasteiger partial charge in [-0.3, -0.25) is 14.8 Å². The van der Waals surface area contributed by atoms with Crippen molar-refractivity contribution in [2.75, 3.05) is 13.1 Å². The van der Waals surface area contributed by atoms with Crippen molar-refractivity contribution in [1.29, 1.82) is 0 Å². The molecule has 1 aliphatic rings. The van der Waals surface area contributed by atoms with Gasteiger partial charge in [0.25, 0.3) is 11.8 Å². The number of piperidine rings is 1. The lowest BCUT2D eigenvalue weighted by molar-refractivity contribution is 0.0703. The highest BCUT2D eigenvalue weighted by molar-refractivity contribution is 5.94. The summed E-state index contributed by atoms with van der Waals surface area (Å²) < 4.78 is 15.5. The van der Waals surface area contributed by atoms with Gasteiger partial charge in [0.15, 0.2) is 0 Å². The Morgan fingerprint density at radius 2 is 1.80 bits per heavy atom. The second kappa shape index (κ2) is 9.68. The van der Waals surface area contributed by atoms with Crippen molar-refractivity contribution in [3.05, 3.63) is 101 Å². The Morgan fingerprint density at radius 1 is 1.03 bits per heavy atom. The Bertz CT molecular complexity index is 1370. The molecule has 178 valence electrons. The van der Waals surface area contributed by atoms with E-state index in [0.717, 1.165) is 35.0 Å². The summed E-state index contributed by atoms with van der Waals surface area (Å²) >= 11 is 0. The molecule has 2 aromatic carbocycles. The maximum Gasteiger partial charge on any atom is 0.274 e. The zero-order valence-electron chi connectivity index (χ0n) is 19.0. The molecule has 1 aliphatic heterocycles. The molecular weight excluding hydrogens is 447 g/mol. The third-order valence-corrected chi connectivity index (χ3v) is 6.62. The Labute approximate surface area is 201 Å². The molecule has 0 spiro atoms. The third-order valence-electron chi connectivity index (χ3n) is 6.62. The van der Waals surface area contributed by atoms with E-state index in [0.29, 0.717) is 36.7 Å². The number of rotatable bonds is 5. The molecule has 3 heterocycles. The molecule has 0 radical (unpaired) electrons. The Morgan fingerprint density at radius 3 is 2.51 bits per heavy atom. The van der Waals surface area contributed by atoms with Crippen molar-refractivity contribution in [3.63, 3.8) is 0 Å². The fourth-order valence-corrected chi connectivity index (χ4v) is 4.69. The number of hydrogen-bond acceptors (Lipinski definition) is 4. The molecule has 0 atom stereocenters. The number of halogens is 1. The van der Waals surface area contributed by atoms with E-state index < -0.39 is 11.7 Å². The maximum absolute atomic E-state index is 13.5. The summed E-state index contributed by atoms with van der Waals surface area (Å²) in [4.78, 5) is 30.7. The van der Waals surface area contributed by atoms with Gasteiger partial charge in [-0.25, -0.2) is 14.9 Å². The van der Waals surface area contributed by atoms with Gasteiger partial charge < -0.3 is 9.47 Å². The summed E-state index contributed by atoms with van der Waals surface area (Å²) in [6.45, 7) is 1.87. The molecule has 7 nitrogen and oxygen atoms in total. The minimum Gasteiger partial charge on any atom is -0.339 e. The van der Waals surface area contributed by atoms with E-state index in [-0.39, 0.29) is 5.91 Å². The molecule has 35 heavy (non-hydrogen) atoms. The number of nitrogens with zero attached hydrogens (tertiary/aromatic N) is 3. The van der Waals surface area contributed by atoms with Gasteiger partial charge in [-0.15, -0.1) is 0 Å². The SMILES string of the molecule is O=C(NO)c1ccc(Cn2ccc3cc(C4CCN(C(=O)c5cccc(F)c5)CC4)cnc32)cc1. The molecule has 8 heteroatoms. The number of aromatic nitrogens is 2. The number of amides is 2. The van der Waals surface area contributed by atoms with Crippen LogP contribution in [0.5, 0.6) is 0 Å². The number of hydroxylamine groups is 1. The summed E-state index contributed by atoms with van der Waals surface area (Å²) in [5.41, 5.74) is 5.46. The fraction of sp³-hybridized carbons (Fsp3) is 0.222. The summed E-state index contributed by atoms with van der Waals surface area (Å²) in [7, 11) is 0. The molecule has 5 rings (SSSR count). The molecule has 0 saturated carbocycles. The van der Waals surface area contributed by atoms with Gasteiger partial charge in [0.05, 0.1) is 0 Å². The van der Waals surface area contributed by atoms with Crippen LogP contribution in [0, 0.1) is 5.82 Å². The molecule has 0 aliphatic carbocycles. The van der Waals surface area contributed by atoms with Crippen LogP contribution in [0.4, 0.5) is 4.39 Å². The van der Waals surface area contributed by atoms with Crippen LogP contribution in [0.3, 0.4) is 0 Å². The number of hydrogen-bond donors (Lipinski definition) is 2. The lowest BCUT2D eigenvalue weighted by atomic mass is 9.90. The quantitative estimate of drug-likeness (QED) is 0.334. The Balaban J connectivity index is 1.25. The van der Waals surface area contributed by atoms with E-state index in [1.165, 1.54) is 12.1 Å². The van der Waals surface area contributed by atoms with Gasteiger partial charge in [0, 0.05) is 48.5 Å². The van der Waals surface area contributed by atoms with Crippen LogP contribution in [0.1, 0.15) is 50.6 Å². The van der Waals surface area contributed by atoms with E-state index in [4.69, 9.17) is 10.2 Å². The minimum absolute atomic E-state index is 0.126. The van der Waals surface area contributed by atoms with Gasteiger partial charge in [0.2, 0.25) is 0 Å². The number of benzene rings is 2. The molecular formula is C27H25FN4O3. The standard InChI is InChI=1S/C27H25FN4O3/c28-24-3-1-2-22(15-24)27(34)31-11-8-19(9-12-31)23-14-21-10-13-32(25(21)29-16-23)17-18-4-6-20(7-5-18)26(33)30-35/h1-7,10,13-16,19,35H,8-9,11-12,17H2,(H,30,33). The van der Waals surface area contributed by atoms with Gasteiger partial charge >= 0.3 is 0 Å². The van der Waals surface area contributed by atoms with Crippen molar-refractivity contribution >= 4 is 22.8 Å². The van der Waals surface area contributed by atoms with Crippen molar-refractivity contribution in [2.45, 2.75) is 25.3 Å². The van der Waals surface area contributed by atoms with Crippen molar-refractivity contribution < 1.29 is 19.2 Å². The minimum atomic E-state index is -0.540.